The van der Waals surface area contributed by atoms with Crippen molar-refractivity contribution in [3.05, 3.63) is 52.5 Å². The summed E-state index contributed by atoms with van der Waals surface area (Å²) in [6.45, 7) is 1.74. The van der Waals surface area contributed by atoms with Crippen LogP contribution in [0.25, 0.3) is 0 Å². The van der Waals surface area contributed by atoms with Gasteiger partial charge in [0, 0.05) is 13.1 Å². The van der Waals surface area contributed by atoms with Gasteiger partial charge >= 0.3 is 0 Å². The molecule has 20 heavy (non-hydrogen) atoms. The van der Waals surface area contributed by atoms with Gasteiger partial charge in [-0.2, -0.15) is 0 Å². The Morgan fingerprint density at radius 1 is 1.25 bits per heavy atom. The first-order valence-corrected chi connectivity index (χ1v) is 7.92. The fourth-order valence-electron chi connectivity index (χ4n) is 2.76. The van der Waals surface area contributed by atoms with E-state index in [-0.39, 0.29) is 5.91 Å². The molecule has 0 N–H and O–H groups in total. The maximum Gasteiger partial charge on any atom is 0.265 e. The molecule has 1 amide bonds. The maximum atomic E-state index is 12.2. The van der Waals surface area contributed by atoms with Crippen LogP contribution < -0.4 is 0 Å². The third-order valence-corrected chi connectivity index (χ3v) is 4.67. The van der Waals surface area contributed by atoms with Gasteiger partial charge < -0.3 is 4.90 Å². The van der Waals surface area contributed by atoms with E-state index in [0.717, 1.165) is 37.2 Å². The Balaban J connectivity index is 1.53. The molecule has 0 atom stereocenters. The van der Waals surface area contributed by atoms with E-state index in [1.807, 2.05) is 4.90 Å². The van der Waals surface area contributed by atoms with Gasteiger partial charge in [-0.05, 0) is 30.7 Å². The molecule has 3 rings (SSSR count). The van der Waals surface area contributed by atoms with E-state index >= 15 is 0 Å². The van der Waals surface area contributed by atoms with Crippen LogP contribution in [0.4, 0.5) is 0 Å². The molecule has 0 aliphatic carbocycles. The minimum Gasteiger partial charge on any atom is -0.338 e. The van der Waals surface area contributed by atoms with Gasteiger partial charge in [0.2, 0.25) is 0 Å². The van der Waals surface area contributed by atoms with Crippen LogP contribution in [0.5, 0.6) is 0 Å². The van der Waals surface area contributed by atoms with Crippen molar-refractivity contribution in [1.82, 2.24) is 9.88 Å². The van der Waals surface area contributed by atoms with E-state index in [4.69, 9.17) is 0 Å². The highest BCUT2D eigenvalue weighted by Crippen LogP contribution is 2.23. The minimum absolute atomic E-state index is 0.144. The smallest absolute Gasteiger partial charge is 0.265 e. The predicted molar refractivity (Wildman–Crippen MR) is 80.9 cm³/mol. The van der Waals surface area contributed by atoms with Crippen LogP contribution >= 0.6 is 11.3 Å². The van der Waals surface area contributed by atoms with Gasteiger partial charge in [-0.15, -0.1) is 11.3 Å². The van der Waals surface area contributed by atoms with Crippen molar-refractivity contribution in [2.75, 3.05) is 13.1 Å². The topological polar surface area (TPSA) is 33.2 Å². The molecule has 3 nitrogen and oxygen atoms in total. The normalized spacial score (nSPS) is 16.3. The number of carbonyl (C=O) groups excluding carboxylic acids is 1. The Morgan fingerprint density at radius 3 is 2.65 bits per heavy atom. The highest BCUT2D eigenvalue weighted by atomic mass is 32.1. The van der Waals surface area contributed by atoms with E-state index < -0.39 is 0 Å². The molecule has 0 bridgehead atoms. The van der Waals surface area contributed by atoms with Crippen molar-refractivity contribution in [2.24, 2.45) is 5.92 Å². The SMILES string of the molecule is O=C(c1cncs1)N1CCC(Cc2ccccc2)CC1. The predicted octanol–water partition coefficient (Wildman–Crippen LogP) is 3.24. The molecule has 2 aromatic rings. The van der Waals surface area contributed by atoms with Gasteiger partial charge in [0.1, 0.15) is 4.88 Å². The Kier molecular flexibility index (Phi) is 4.11. The standard InChI is InChI=1S/C16H18N2OS/c19-16(15-11-17-12-20-15)18-8-6-14(7-9-18)10-13-4-2-1-3-5-13/h1-5,11-12,14H,6-10H2. The summed E-state index contributed by atoms with van der Waals surface area (Å²) >= 11 is 1.43. The molecule has 0 unspecified atom stereocenters. The summed E-state index contributed by atoms with van der Waals surface area (Å²) in [6, 6.07) is 10.6. The number of thiazole rings is 1. The molecule has 1 aromatic carbocycles. The van der Waals surface area contributed by atoms with Crippen molar-refractivity contribution in [1.29, 1.82) is 0 Å². The Morgan fingerprint density at radius 2 is 2.00 bits per heavy atom. The lowest BCUT2D eigenvalue weighted by atomic mass is 9.90. The number of piperidine rings is 1. The van der Waals surface area contributed by atoms with Crippen LogP contribution in [0.1, 0.15) is 28.1 Å². The number of rotatable bonds is 3. The van der Waals surface area contributed by atoms with Gasteiger partial charge in [0.05, 0.1) is 11.7 Å². The van der Waals surface area contributed by atoms with Gasteiger partial charge in [0.15, 0.2) is 0 Å². The average molecular weight is 286 g/mol. The molecule has 1 fully saturated rings. The van der Waals surface area contributed by atoms with Crippen LogP contribution in [0.2, 0.25) is 0 Å². The first-order chi connectivity index (χ1) is 9.83. The zero-order valence-electron chi connectivity index (χ0n) is 11.4. The first-order valence-electron chi connectivity index (χ1n) is 7.04. The first kappa shape index (κ1) is 13.3. The largest absolute Gasteiger partial charge is 0.338 e. The number of carbonyl (C=O) groups is 1. The second-order valence-corrected chi connectivity index (χ2v) is 6.18. The van der Waals surface area contributed by atoms with E-state index in [9.17, 15) is 4.79 Å². The van der Waals surface area contributed by atoms with Gasteiger partial charge in [0.25, 0.3) is 5.91 Å². The molecule has 0 radical (unpaired) electrons. The van der Waals surface area contributed by atoms with Gasteiger partial charge in [-0.1, -0.05) is 30.3 Å². The van der Waals surface area contributed by atoms with E-state index in [1.165, 1.54) is 16.9 Å². The van der Waals surface area contributed by atoms with Crippen LogP contribution in [0, 0.1) is 5.92 Å². The molecule has 1 saturated heterocycles. The molecule has 1 aromatic heterocycles. The van der Waals surface area contributed by atoms with Crippen molar-refractivity contribution < 1.29 is 4.79 Å². The number of aromatic nitrogens is 1. The number of nitrogens with zero attached hydrogens (tertiary/aromatic N) is 2. The third-order valence-electron chi connectivity index (χ3n) is 3.91. The Bertz CT molecular complexity index is 545. The summed E-state index contributed by atoms with van der Waals surface area (Å²) in [5.74, 6) is 0.841. The summed E-state index contributed by atoms with van der Waals surface area (Å²) in [5.41, 5.74) is 3.12. The maximum absolute atomic E-state index is 12.2. The molecular formula is C16H18N2OS. The van der Waals surface area contributed by atoms with Crippen molar-refractivity contribution in [3.63, 3.8) is 0 Å². The van der Waals surface area contributed by atoms with Crippen LogP contribution in [0.3, 0.4) is 0 Å². The molecule has 4 heteroatoms. The van der Waals surface area contributed by atoms with E-state index in [0.29, 0.717) is 5.92 Å². The van der Waals surface area contributed by atoms with Gasteiger partial charge in [-0.25, -0.2) is 0 Å². The van der Waals surface area contributed by atoms with Crippen molar-refractivity contribution >= 4 is 17.2 Å². The van der Waals surface area contributed by atoms with Crippen molar-refractivity contribution in [2.45, 2.75) is 19.3 Å². The lowest BCUT2D eigenvalue weighted by Crippen LogP contribution is -2.38. The molecule has 104 valence electrons. The summed E-state index contributed by atoms with van der Waals surface area (Å²) in [6.07, 6.45) is 4.99. The Hall–Kier alpha value is -1.68. The lowest BCUT2D eigenvalue weighted by molar-refractivity contribution is 0.0695. The average Bonchev–Trinajstić information content (AvgIpc) is 3.03. The quantitative estimate of drug-likeness (QED) is 0.868. The summed E-state index contributed by atoms with van der Waals surface area (Å²) in [7, 11) is 0. The van der Waals surface area contributed by atoms with Crippen molar-refractivity contribution in [3.8, 4) is 0 Å². The fourth-order valence-corrected chi connectivity index (χ4v) is 3.35. The zero-order chi connectivity index (χ0) is 13.8. The summed E-state index contributed by atoms with van der Waals surface area (Å²) < 4.78 is 0. The van der Waals surface area contributed by atoms with Gasteiger partial charge in [-0.3, -0.25) is 9.78 Å². The number of hydrogen-bond donors (Lipinski definition) is 0. The van der Waals surface area contributed by atoms with E-state index in [2.05, 4.69) is 35.3 Å². The Labute approximate surface area is 123 Å². The highest BCUT2D eigenvalue weighted by molar-refractivity contribution is 7.11. The summed E-state index contributed by atoms with van der Waals surface area (Å²) in [4.78, 5) is 18.9. The summed E-state index contributed by atoms with van der Waals surface area (Å²) in [5, 5.41) is 0. The van der Waals surface area contributed by atoms with Crippen LogP contribution in [-0.4, -0.2) is 28.9 Å². The molecule has 2 heterocycles. The molecule has 0 spiro atoms. The zero-order valence-corrected chi connectivity index (χ0v) is 12.2. The number of hydrogen-bond acceptors (Lipinski definition) is 3. The number of amides is 1. The third kappa shape index (κ3) is 3.07. The second kappa shape index (κ2) is 6.18. The lowest BCUT2D eigenvalue weighted by Gasteiger charge is -2.31. The molecule has 1 aliphatic heterocycles. The number of benzene rings is 1. The molecule has 0 saturated carbocycles. The number of likely N-dealkylation sites (tertiary alicyclic amines) is 1. The monoisotopic (exact) mass is 286 g/mol. The fraction of sp³-hybridized carbons (Fsp3) is 0.375. The molecule has 1 aliphatic rings. The van der Waals surface area contributed by atoms with Crippen LogP contribution in [-0.2, 0) is 6.42 Å². The second-order valence-electron chi connectivity index (χ2n) is 5.29. The van der Waals surface area contributed by atoms with Crippen LogP contribution in [0.15, 0.2) is 42.0 Å². The molecular weight excluding hydrogens is 268 g/mol. The minimum atomic E-state index is 0.144. The highest BCUT2D eigenvalue weighted by Gasteiger charge is 2.24. The van der Waals surface area contributed by atoms with E-state index in [1.54, 1.807) is 11.7 Å².